The van der Waals surface area contributed by atoms with Crippen LogP contribution in [0.1, 0.15) is 37.7 Å². The molecule has 1 aliphatic heterocycles. The molecule has 128 valence electrons. The predicted molar refractivity (Wildman–Crippen MR) is 97.3 cm³/mol. The lowest BCUT2D eigenvalue weighted by Gasteiger charge is -2.33. The monoisotopic (exact) mass is 345 g/mol. The first kappa shape index (κ1) is 16.0. The van der Waals surface area contributed by atoms with E-state index in [0.717, 1.165) is 59.6 Å². The van der Waals surface area contributed by atoms with Crippen LogP contribution in [0.5, 0.6) is 0 Å². The molecule has 24 heavy (non-hydrogen) atoms. The maximum absolute atomic E-state index is 10.3. The van der Waals surface area contributed by atoms with Crippen LogP contribution in [0.2, 0.25) is 0 Å². The van der Waals surface area contributed by atoms with Crippen molar-refractivity contribution in [1.29, 1.82) is 0 Å². The minimum atomic E-state index is -0.588. The number of imidazole rings is 1. The highest BCUT2D eigenvalue weighted by Gasteiger charge is 2.27. The molecule has 1 fully saturated rings. The third-order valence-corrected chi connectivity index (χ3v) is 5.80. The van der Waals surface area contributed by atoms with Gasteiger partial charge in [-0.2, -0.15) is 0 Å². The normalized spacial score (nSPS) is 18.6. The van der Waals surface area contributed by atoms with Crippen LogP contribution in [0.25, 0.3) is 21.3 Å². The second-order valence-electron chi connectivity index (χ2n) is 6.50. The number of hydrogen-bond donors (Lipinski definition) is 2. The SMILES string of the molecule is CC(O)c1nc2cnc3ccsc3c2n1C1CCN(CCN)CC1. The lowest BCUT2D eigenvalue weighted by atomic mass is 10.0. The van der Waals surface area contributed by atoms with E-state index in [9.17, 15) is 5.11 Å². The van der Waals surface area contributed by atoms with Crippen LogP contribution in [0.4, 0.5) is 0 Å². The fourth-order valence-corrected chi connectivity index (χ4v) is 4.63. The van der Waals surface area contributed by atoms with Gasteiger partial charge in [0.05, 0.1) is 21.9 Å². The molecule has 3 N–H and O–H groups in total. The third-order valence-electron chi connectivity index (χ3n) is 4.89. The topological polar surface area (TPSA) is 80.2 Å². The van der Waals surface area contributed by atoms with E-state index in [1.54, 1.807) is 18.3 Å². The summed E-state index contributed by atoms with van der Waals surface area (Å²) >= 11 is 1.70. The third kappa shape index (κ3) is 2.61. The summed E-state index contributed by atoms with van der Waals surface area (Å²) in [5.74, 6) is 0.755. The highest BCUT2D eigenvalue weighted by molar-refractivity contribution is 7.18. The van der Waals surface area contributed by atoms with Crippen LogP contribution >= 0.6 is 11.3 Å². The number of aliphatic hydroxyl groups excluding tert-OH is 1. The van der Waals surface area contributed by atoms with E-state index in [4.69, 9.17) is 10.7 Å². The lowest BCUT2D eigenvalue weighted by Crippen LogP contribution is -2.38. The van der Waals surface area contributed by atoms with Gasteiger partial charge in [-0.3, -0.25) is 4.98 Å². The number of nitrogens with zero attached hydrogens (tertiary/aromatic N) is 4. The average Bonchev–Trinajstić information content (AvgIpc) is 3.19. The highest BCUT2D eigenvalue weighted by atomic mass is 32.1. The van der Waals surface area contributed by atoms with Crippen LogP contribution in [-0.4, -0.2) is 50.7 Å². The second kappa shape index (κ2) is 6.40. The molecular weight excluding hydrogens is 322 g/mol. The summed E-state index contributed by atoms with van der Waals surface area (Å²) in [6.07, 6.45) is 3.35. The van der Waals surface area contributed by atoms with Gasteiger partial charge in [0.1, 0.15) is 17.4 Å². The summed E-state index contributed by atoms with van der Waals surface area (Å²) in [5.41, 5.74) is 8.70. The maximum Gasteiger partial charge on any atom is 0.138 e. The Morgan fingerprint density at radius 1 is 1.38 bits per heavy atom. The zero-order valence-corrected chi connectivity index (χ0v) is 14.7. The molecule has 4 heterocycles. The standard InChI is InChI=1S/C17H23N5OS/c1-11(23)17-20-14-10-19-13-4-9-24-16(13)15(14)22(17)12-2-6-21(7-3-12)8-5-18/h4,9-12,23H,2-3,5-8,18H2,1H3. The molecule has 4 rings (SSSR count). The quantitative estimate of drug-likeness (QED) is 0.758. The number of fused-ring (bicyclic) bond motifs is 3. The van der Waals surface area contributed by atoms with Crippen molar-refractivity contribution in [2.45, 2.75) is 31.9 Å². The summed E-state index contributed by atoms with van der Waals surface area (Å²) in [5, 5.41) is 12.3. The zero-order chi connectivity index (χ0) is 16.7. The zero-order valence-electron chi connectivity index (χ0n) is 13.9. The Hall–Kier alpha value is -1.54. The molecule has 0 spiro atoms. The van der Waals surface area contributed by atoms with Gasteiger partial charge < -0.3 is 20.3 Å². The number of likely N-dealkylation sites (tertiary alicyclic amines) is 1. The first-order chi connectivity index (χ1) is 11.7. The molecule has 1 aliphatic rings. The number of aliphatic hydroxyl groups is 1. The van der Waals surface area contributed by atoms with Crippen molar-refractivity contribution in [1.82, 2.24) is 19.4 Å². The van der Waals surface area contributed by atoms with Gasteiger partial charge in [-0.05, 0) is 31.2 Å². The predicted octanol–water partition coefficient (Wildman–Crippen LogP) is 2.29. The first-order valence-electron chi connectivity index (χ1n) is 8.53. The molecule has 1 unspecified atom stereocenters. The Kier molecular flexibility index (Phi) is 4.26. The maximum atomic E-state index is 10.3. The van der Waals surface area contributed by atoms with Gasteiger partial charge in [-0.25, -0.2) is 4.98 Å². The van der Waals surface area contributed by atoms with Crippen molar-refractivity contribution < 1.29 is 5.11 Å². The van der Waals surface area contributed by atoms with Gasteiger partial charge in [0, 0.05) is 32.2 Å². The van der Waals surface area contributed by atoms with Crippen molar-refractivity contribution in [2.75, 3.05) is 26.2 Å². The number of piperidine rings is 1. The minimum absolute atomic E-state index is 0.362. The molecule has 7 heteroatoms. The van der Waals surface area contributed by atoms with Crippen molar-refractivity contribution >= 4 is 32.6 Å². The molecule has 0 amide bonds. The number of aromatic nitrogens is 3. The molecule has 0 aromatic carbocycles. The summed E-state index contributed by atoms with van der Waals surface area (Å²) in [6, 6.07) is 2.41. The van der Waals surface area contributed by atoms with Crippen molar-refractivity contribution in [3.8, 4) is 0 Å². The molecule has 1 atom stereocenters. The number of pyridine rings is 1. The Morgan fingerprint density at radius 2 is 2.17 bits per heavy atom. The fraction of sp³-hybridized carbons (Fsp3) is 0.529. The first-order valence-corrected chi connectivity index (χ1v) is 9.41. The molecule has 0 aliphatic carbocycles. The summed E-state index contributed by atoms with van der Waals surface area (Å²) in [4.78, 5) is 11.6. The van der Waals surface area contributed by atoms with Crippen molar-refractivity contribution in [3.05, 3.63) is 23.5 Å². The summed E-state index contributed by atoms with van der Waals surface area (Å²) in [6.45, 7) is 5.54. The Morgan fingerprint density at radius 3 is 2.88 bits per heavy atom. The van der Waals surface area contributed by atoms with E-state index in [2.05, 4.69) is 19.8 Å². The largest absolute Gasteiger partial charge is 0.385 e. The van der Waals surface area contributed by atoms with Gasteiger partial charge in [0.2, 0.25) is 0 Å². The van der Waals surface area contributed by atoms with E-state index in [1.807, 2.05) is 12.3 Å². The smallest absolute Gasteiger partial charge is 0.138 e. The van der Waals surface area contributed by atoms with Gasteiger partial charge in [-0.1, -0.05) is 0 Å². The summed E-state index contributed by atoms with van der Waals surface area (Å²) in [7, 11) is 0. The number of rotatable bonds is 4. The van der Waals surface area contributed by atoms with Gasteiger partial charge in [0.25, 0.3) is 0 Å². The van der Waals surface area contributed by atoms with Gasteiger partial charge >= 0.3 is 0 Å². The Bertz CT molecular complexity index is 847. The molecule has 0 radical (unpaired) electrons. The van der Waals surface area contributed by atoms with Crippen molar-refractivity contribution in [3.63, 3.8) is 0 Å². The lowest BCUT2D eigenvalue weighted by molar-refractivity contribution is 0.162. The van der Waals surface area contributed by atoms with E-state index < -0.39 is 6.10 Å². The van der Waals surface area contributed by atoms with Crippen LogP contribution in [0, 0.1) is 0 Å². The molecule has 0 bridgehead atoms. The van der Waals surface area contributed by atoms with Crippen LogP contribution in [0.15, 0.2) is 17.6 Å². The van der Waals surface area contributed by atoms with Crippen LogP contribution in [-0.2, 0) is 0 Å². The number of nitrogens with two attached hydrogens (primary N) is 1. The molecule has 3 aromatic rings. The average molecular weight is 345 g/mol. The van der Waals surface area contributed by atoms with E-state index in [1.165, 1.54) is 0 Å². The van der Waals surface area contributed by atoms with E-state index in [0.29, 0.717) is 12.6 Å². The molecule has 0 saturated carbocycles. The van der Waals surface area contributed by atoms with Crippen LogP contribution < -0.4 is 5.73 Å². The molecule has 6 nitrogen and oxygen atoms in total. The Balaban J connectivity index is 1.81. The molecule has 3 aromatic heterocycles. The fourth-order valence-electron chi connectivity index (χ4n) is 3.74. The van der Waals surface area contributed by atoms with Crippen molar-refractivity contribution in [2.24, 2.45) is 5.73 Å². The Labute approximate surface area is 144 Å². The highest BCUT2D eigenvalue weighted by Crippen LogP contribution is 2.35. The molecular formula is C17H23N5OS. The van der Waals surface area contributed by atoms with Crippen LogP contribution in [0.3, 0.4) is 0 Å². The van der Waals surface area contributed by atoms with Gasteiger partial charge in [0.15, 0.2) is 0 Å². The number of thiophene rings is 1. The van der Waals surface area contributed by atoms with E-state index in [-0.39, 0.29) is 0 Å². The molecule has 1 saturated heterocycles. The second-order valence-corrected chi connectivity index (χ2v) is 7.42. The van der Waals surface area contributed by atoms with Gasteiger partial charge in [-0.15, -0.1) is 11.3 Å². The number of hydrogen-bond acceptors (Lipinski definition) is 6. The summed E-state index contributed by atoms with van der Waals surface area (Å²) < 4.78 is 3.44. The minimum Gasteiger partial charge on any atom is -0.385 e. The van der Waals surface area contributed by atoms with E-state index >= 15 is 0 Å².